The lowest BCUT2D eigenvalue weighted by Crippen LogP contribution is -1.96. The van der Waals surface area contributed by atoms with Crippen LogP contribution in [0.5, 0.6) is 0 Å². The van der Waals surface area contributed by atoms with E-state index in [1.54, 1.807) is 0 Å². The Morgan fingerprint density at radius 3 is 1.02 bits per heavy atom. The van der Waals surface area contributed by atoms with Crippen molar-refractivity contribution in [1.82, 2.24) is 9.97 Å². The molecule has 2 heteroatoms. The summed E-state index contributed by atoms with van der Waals surface area (Å²) >= 11 is 0. The van der Waals surface area contributed by atoms with Gasteiger partial charge in [0.05, 0.1) is 11.4 Å². The lowest BCUT2D eigenvalue weighted by molar-refractivity contribution is 1.18. The van der Waals surface area contributed by atoms with Gasteiger partial charge in [-0.25, -0.2) is 9.97 Å². The molecular formula is C50H40N2. The summed E-state index contributed by atoms with van der Waals surface area (Å²) in [5.74, 6) is 0.706. The largest absolute Gasteiger partial charge is 0.228 e. The molecule has 0 atom stereocenters. The Kier molecular flexibility index (Phi) is 8.89. The number of benzene rings is 7. The van der Waals surface area contributed by atoms with E-state index in [-0.39, 0.29) is 0 Å². The van der Waals surface area contributed by atoms with Crippen molar-refractivity contribution in [2.24, 2.45) is 0 Å². The third kappa shape index (κ3) is 7.10. The predicted octanol–water partition coefficient (Wildman–Crippen LogP) is 13.4. The summed E-state index contributed by atoms with van der Waals surface area (Å²) in [5, 5.41) is 0. The fraction of sp³-hybridized carbons (Fsp3) is 0.0800. The molecule has 1 aromatic heterocycles. The van der Waals surface area contributed by atoms with Crippen LogP contribution in [0, 0.1) is 27.7 Å². The Hall–Kier alpha value is -6.38. The number of hydrogen-bond donors (Lipinski definition) is 0. The van der Waals surface area contributed by atoms with Crippen molar-refractivity contribution in [3.8, 4) is 78.4 Å². The second kappa shape index (κ2) is 14.1. The van der Waals surface area contributed by atoms with E-state index in [2.05, 4.69) is 173 Å². The van der Waals surface area contributed by atoms with E-state index in [1.165, 1.54) is 44.5 Å². The molecule has 0 aliphatic rings. The van der Waals surface area contributed by atoms with Gasteiger partial charge in [-0.05, 0) is 109 Å². The molecule has 0 amide bonds. The molecule has 0 bridgehead atoms. The van der Waals surface area contributed by atoms with E-state index in [1.807, 2.05) is 24.3 Å². The smallest absolute Gasteiger partial charge is 0.160 e. The van der Waals surface area contributed by atoms with Crippen molar-refractivity contribution in [3.63, 3.8) is 0 Å². The van der Waals surface area contributed by atoms with Crippen molar-refractivity contribution < 1.29 is 0 Å². The van der Waals surface area contributed by atoms with E-state index in [9.17, 15) is 0 Å². The highest BCUT2D eigenvalue weighted by atomic mass is 14.9. The number of aromatic nitrogens is 2. The van der Waals surface area contributed by atoms with Crippen LogP contribution in [0.1, 0.15) is 22.3 Å². The number of aryl methyl sites for hydroxylation is 4. The van der Waals surface area contributed by atoms with Gasteiger partial charge in [0.25, 0.3) is 0 Å². The lowest BCUT2D eigenvalue weighted by Gasteiger charge is -2.15. The van der Waals surface area contributed by atoms with Crippen LogP contribution < -0.4 is 0 Å². The van der Waals surface area contributed by atoms with Gasteiger partial charge >= 0.3 is 0 Å². The molecule has 250 valence electrons. The van der Waals surface area contributed by atoms with Crippen molar-refractivity contribution in [1.29, 1.82) is 0 Å². The highest BCUT2D eigenvalue weighted by Crippen LogP contribution is 2.37. The average Bonchev–Trinajstić information content (AvgIpc) is 3.17. The van der Waals surface area contributed by atoms with Gasteiger partial charge in [0.15, 0.2) is 5.82 Å². The van der Waals surface area contributed by atoms with E-state index in [0.29, 0.717) is 5.82 Å². The van der Waals surface area contributed by atoms with Crippen molar-refractivity contribution in [2.45, 2.75) is 27.7 Å². The minimum Gasteiger partial charge on any atom is -0.228 e. The van der Waals surface area contributed by atoms with Crippen LogP contribution in [-0.2, 0) is 0 Å². The zero-order valence-electron chi connectivity index (χ0n) is 30.1. The molecule has 0 saturated heterocycles. The molecule has 52 heavy (non-hydrogen) atoms. The van der Waals surface area contributed by atoms with Gasteiger partial charge in [0.1, 0.15) is 0 Å². The summed E-state index contributed by atoms with van der Waals surface area (Å²) in [7, 11) is 0. The number of nitrogens with zero attached hydrogens (tertiary/aromatic N) is 2. The van der Waals surface area contributed by atoms with Crippen LogP contribution in [0.3, 0.4) is 0 Å². The SMILES string of the molecule is Cc1cc(C)cc(-c2cccc(-c3cc(-c4cccc(-c5cc(C)cc(C)c5)c4)cc(-c4cc(-c5ccccc5)nc(-c5ccccc5)n4)c3)c2)c1. The zero-order chi connectivity index (χ0) is 35.6. The van der Waals surface area contributed by atoms with Crippen LogP contribution in [0.15, 0.2) is 170 Å². The first-order chi connectivity index (χ1) is 25.3. The van der Waals surface area contributed by atoms with Gasteiger partial charge in [0, 0.05) is 16.7 Å². The quantitative estimate of drug-likeness (QED) is 0.169. The zero-order valence-corrected chi connectivity index (χ0v) is 30.1. The Morgan fingerprint density at radius 2 is 0.577 bits per heavy atom. The van der Waals surface area contributed by atoms with Gasteiger partial charge in [-0.3, -0.25) is 0 Å². The van der Waals surface area contributed by atoms with Crippen molar-refractivity contribution in [2.75, 3.05) is 0 Å². The van der Waals surface area contributed by atoms with E-state index in [4.69, 9.17) is 9.97 Å². The molecule has 0 N–H and O–H groups in total. The topological polar surface area (TPSA) is 25.8 Å². The summed E-state index contributed by atoms with van der Waals surface area (Å²) in [4.78, 5) is 10.3. The van der Waals surface area contributed by atoms with Crippen molar-refractivity contribution in [3.05, 3.63) is 192 Å². The molecule has 0 fully saturated rings. The van der Waals surface area contributed by atoms with Crippen LogP contribution >= 0.6 is 0 Å². The molecule has 1 heterocycles. The first-order valence-electron chi connectivity index (χ1n) is 17.9. The normalized spacial score (nSPS) is 11.1. The highest BCUT2D eigenvalue weighted by Gasteiger charge is 2.15. The summed E-state index contributed by atoms with van der Waals surface area (Å²) in [5.41, 5.74) is 19.4. The molecule has 0 unspecified atom stereocenters. The molecule has 0 saturated carbocycles. The summed E-state index contributed by atoms with van der Waals surface area (Å²) in [6, 6.07) is 61.0. The van der Waals surface area contributed by atoms with Gasteiger partial charge in [-0.15, -0.1) is 0 Å². The molecule has 0 radical (unpaired) electrons. The molecule has 8 rings (SSSR count). The Morgan fingerprint density at radius 1 is 0.250 bits per heavy atom. The Bertz CT molecular complexity index is 2340. The van der Waals surface area contributed by atoms with Gasteiger partial charge in [-0.1, -0.05) is 156 Å². The molecule has 0 spiro atoms. The van der Waals surface area contributed by atoms with E-state index >= 15 is 0 Å². The summed E-state index contributed by atoms with van der Waals surface area (Å²) < 4.78 is 0. The third-order valence-corrected chi connectivity index (χ3v) is 9.56. The minimum atomic E-state index is 0.706. The number of hydrogen-bond acceptors (Lipinski definition) is 2. The minimum absolute atomic E-state index is 0.706. The second-order valence-electron chi connectivity index (χ2n) is 13.9. The molecule has 0 aliphatic carbocycles. The van der Waals surface area contributed by atoms with E-state index < -0.39 is 0 Å². The maximum atomic E-state index is 5.23. The molecular weight excluding hydrogens is 629 g/mol. The van der Waals surface area contributed by atoms with Gasteiger partial charge in [-0.2, -0.15) is 0 Å². The first-order valence-corrected chi connectivity index (χ1v) is 17.9. The molecule has 8 aromatic rings. The molecule has 0 aliphatic heterocycles. The standard InChI is InChI=1S/C50H40N2/c1-33-21-34(2)24-43(23-33)39-17-11-19-41(27-39)45-29-46(42-20-12-18-40(28-42)44-25-35(3)22-36(4)26-44)31-47(30-45)49-32-48(37-13-7-5-8-14-37)51-50(52-49)38-15-9-6-10-16-38/h5-32H,1-4H3. The third-order valence-electron chi connectivity index (χ3n) is 9.56. The van der Waals surface area contributed by atoms with E-state index in [0.717, 1.165) is 50.3 Å². The first kappa shape index (κ1) is 32.8. The van der Waals surface area contributed by atoms with Crippen LogP contribution in [0.4, 0.5) is 0 Å². The van der Waals surface area contributed by atoms with Crippen molar-refractivity contribution >= 4 is 0 Å². The monoisotopic (exact) mass is 668 g/mol. The fourth-order valence-corrected chi connectivity index (χ4v) is 7.22. The maximum absolute atomic E-state index is 5.23. The molecule has 2 nitrogen and oxygen atoms in total. The Labute approximate surface area is 307 Å². The van der Waals surface area contributed by atoms with Crippen LogP contribution in [-0.4, -0.2) is 9.97 Å². The lowest BCUT2D eigenvalue weighted by atomic mass is 9.91. The van der Waals surface area contributed by atoms with Crippen LogP contribution in [0.25, 0.3) is 78.4 Å². The summed E-state index contributed by atoms with van der Waals surface area (Å²) in [6.45, 7) is 8.66. The highest BCUT2D eigenvalue weighted by molar-refractivity contribution is 5.85. The second-order valence-corrected chi connectivity index (χ2v) is 13.9. The average molecular weight is 669 g/mol. The maximum Gasteiger partial charge on any atom is 0.160 e. The number of rotatable bonds is 7. The summed E-state index contributed by atoms with van der Waals surface area (Å²) in [6.07, 6.45) is 0. The van der Waals surface area contributed by atoms with Crippen LogP contribution in [0.2, 0.25) is 0 Å². The van der Waals surface area contributed by atoms with Gasteiger partial charge in [0.2, 0.25) is 0 Å². The Balaban J connectivity index is 1.33. The molecule has 7 aromatic carbocycles. The fourth-order valence-electron chi connectivity index (χ4n) is 7.22. The van der Waals surface area contributed by atoms with Gasteiger partial charge < -0.3 is 0 Å². The predicted molar refractivity (Wildman–Crippen MR) is 219 cm³/mol.